The highest BCUT2D eigenvalue weighted by Gasteiger charge is 2.16. The Labute approximate surface area is 115 Å². The van der Waals surface area contributed by atoms with E-state index in [1.807, 2.05) is 24.3 Å². The van der Waals surface area contributed by atoms with Crippen LogP contribution in [-0.2, 0) is 6.54 Å². The van der Waals surface area contributed by atoms with E-state index in [9.17, 15) is 4.79 Å². The van der Waals surface area contributed by atoms with E-state index < -0.39 is 0 Å². The predicted octanol–water partition coefficient (Wildman–Crippen LogP) is 1.72. The van der Waals surface area contributed by atoms with Crippen LogP contribution in [0.1, 0.15) is 10.5 Å². The summed E-state index contributed by atoms with van der Waals surface area (Å²) in [5.74, 6) is 0.0695. The normalized spacial score (nSPS) is 10.7. The first-order valence-corrected chi connectivity index (χ1v) is 6.07. The van der Waals surface area contributed by atoms with Gasteiger partial charge in [0, 0.05) is 12.4 Å². The van der Waals surface area contributed by atoms with Crippen molar-refractivity contribution >= 4 is 16.8 Å². The van der Waals surface area contributed by atoms with E-state index in [0.29, 0.717) is 0 Å². The predicted molar refractivity (Wildman–Crippen MR) is 72.6 cm³/mol. The van der Waals surface area contributed by atoms with Crippen LogP contribution in [0, 0.1) is 0 Å². The van der Waals surface area contributed by atoms with Gasteiger partial charge in [-0.1, -0.05) is 12.1 Å². The van der Waals surface area contributed by atoms with Crippen LogP contribution in [0.4, 0.5) is 0 Å². The first kappa shape index (κ1) is 12.3. The Balaban J connectivity index is 1.93. The van der Waals surface area contributed by atoms with Crippen LogP contribution in [0.2, 0.25) is 0 Å². The molecule has 0 amide bonds. The van der Waals surface area contributed by atoms with E-state index in [0.717, 1.165) is 11.0 Å². The van der Waals surface area contributed by atoms with Crippen molar-refractivity contribution in [2.75, 3.05) is 7.11 Å². The smallest absolute Gasteiger partial charge is 0.243 e. The number of para-hydroxylation sites is 2. The molecule has 0 N–H and O–H groups in total. The number of fused-ring (bicyclic) bond motifs is 1. The zero-order valence-electron chi connectivity index (χ0n) is 10.9. The lowest BCUT2D eigenvalue weighted by molar-refractivity contribution is 0.0964. The van der Waals surface area contributed by atoms with Gasteiger partial charge in [0.2, 0.25) is 11.7 Å². The zero-order chi connectivity index (χ0) is 13.9. The molecule has 0 unspecified atom stereocenters. The highest BCUT2D eigenvalue weighted by molar-refractivity contribution is 5.96. The van der Waals surface area contributed by atoms with Crippen molar-refractivity contribution in [1.29, 1.82) is 0 Å². The van der Waals surface area contributed by atoms with Gasteiger partial charge >= 0.3 is 0 Å². The molecule has 0 radical (unpaired) electrons. The number of nitrogens with zero attached hydrogens (tertiary/aromatic N) is 4. The molecule has 3 rings (SSSR count). The summed E-state index contributed by atoms with van der Waals surface area (Å²) in [6, 6.07) is 7.64. The van der Waals surface area contributed by atoms with Gasteiger partial charge in [-0.05, 0) is 12.1 Å². The van der Waals surface area contributed by atoms with Crippen molar-refractivity contribution in [3.8, 4) is 5.88 Å². The number of ether oxygens (including phenoxy) is 1. The van der Waals surface area contributed by atoms with Gasteiger partial charge in [-0.15, -0.1) is 0 Å². The molecule has 0 bridgehead atoms. The molecule has 100 valence electrons. The lowest BCUT2D eigenvalue weighted by Crippen LogP contribution is -2.13. The summed E-state index contributed by atoms with van der Waals surface area (Å²) in [6.07, 6.45) is 4.61. The van der Waals surface area contributed by atoms with Crippen LogP contribution in [0.5, 0.6) is 5.88 Å². The van der Waals surface area contributed by atoms with E-state index in [1.165, 1.54) is 19.5 Å². The second kappa shape index (κ2) is 5.08. The lowest BCUT2D eigenvalue weighted by atomic mass is 10.2. The summed E-state index contributed by atoms with van der Waals surface area (Å²) in [5, 5.41) is 0. The third-order valence-corrected chi connectivity index (χ3v) is 2.96. The Kier molecular flexibility index (Phi) is 3.12. The number of carbonyl (C=O) groups is 1. The Morgan fingerprint density at radius 3 is 2.85 bits per heavy atom. The molecule has 0 spiro atoms. The maximum Gasteiger partial charge on any atom is 0.243 e. The molecule has 1 aromatic carbocycles. The maximum absolute atomic E-state index is 12.3. The average Bonchev–Trinajstić information content (AvgIpc) is 2.90. The number of imidazole rings is 1. The molecule has 0 atom stereocenters. The largest absolute Gasteiger partial charge is 0.479 e. The van der Waals surface area contributed by atoms with Crippen LogP contribution in [0.15, 0.2) is 43.0 Å². The second-order valence-electron chi connectivity index (χ2n) is 4.20. The lowest BCUT2D eigenvalue weighted by Gasteiger charge is -2.06. The molecule has 6 heteroatoms. The maximum atomic E-state index is 12.3. The van der Waals surface area contributed by atoms with Gasteiger partial charge in [-0.2, -0.15) is 0 Å². The number of hydrogen-bond acceptors (Lipinski definition) is 5. The van der Waals surface area contributed by atoms with Gasteiger partial charge in [0.25, 0.3) is 0 Å². The topological polar surface area (TPSA) is 69.9 Å². The summed E-state index contributed by atoms with van der Waals surface area (Å²) >= 11 is 0. The second-order valence-corrected chi connectivity index (χ2v) is 4.20. The van der Waals surface area contributed by atoms with E-state index in [4.69, 9.17) is 4.74 Å². The van der Waals surface area contributed by atoms with Gasteiger partial charge < -0.3 is 9.30 Å². The Morgan fingerprint density at radius 2 is 2.00 bits per heavy atom. The summed E-state index contributed by atoms with van der Waals surface area (Å²) in [5.41, 5.74) is 1.99. The summed E-state index contributed by atoms with van der Waals surface area (Å²) in [4.78, 5) is 24.6. The fourth-order valence-corrected chi connectivity index (χ4v) is 2.03. The van der Waals surface area contributed by atoms with E-state index in [1.54, 1.807) is 10.9 Å². The fraction of sp³-hybridized carbons (Fsp3) is 0.143. The van der Waals surface area contributed by atoms with Crippen LogP contribution in [0.3, 0.4) is 0 Å². The van der Waals surface area contributed by atoms with Crippen molar-refractivity contribution in [2.24, 2.45) is 0 Å². The molecule has 2 heterocycles. The number of benzene rings is 1. The highest BCUT2D eigenvalue weighted by atomic mass is 16.5. The first-order chi connectivity index (χ1) is 9.79. The molecule has 0 saturated carbocycles. The summed E-state index contributed by atoms with van der Waals surface area (Å²) in [6.45, 7) is 0.148. The first-order valence-electron chi connectivity index (χ1n) is 6.07. The van der Waals surface area contributed by atoms with Crippen LogP contribution in [-0.4, -0.2) is 32.4 Å². The van der Waals surface area contributed by atoms with Gasteiger partial charge in [0.05, 0.1) is 31.0 Å². The number of hydrogen-bond donors (Lipinski definition) is 0. The number of rotatable bonds is 4. The standard InChI is InChI=1S/C14H12N4O2/c1-20-14-13(15-6-7-16-14)12(19)8-18-9-17-10-4-2-3-5-11(10)18/h2-7,9H,8H2,1H3. The minimum Gasteiger partial charge on any atom is -0.479 e. The minimum atomic E-state index is -0.168. The Hall–Kier alpha value is -2.76. The van der Waals surface area contributed by atoms with Crippen molar-refractivity contribution in [2.45, 2.75) is 6.54 Å². The molecule has 6 nitrogen and oxygen atoms in total. The molecule has 0 fully saturated rings. The number of carbonyl (C=O) groups excluding carboxylic acids is 1. The molecule has 0 aliphatic heterocycles. The van der Waals surface area contributed by atoms with Crippen molar-refractivity contribution in [3.05, 3.63) is 48.7 Å². The number of aromatic nitrogens is 4. The van der Waals surface area contributed by atoms with Crippen LogP contribution in [0.25, 0.3) is 11.0 Å². The molecule has 0 aliphatic rings. The van der Waals surface area contributed by atoms with E-state index in [2.05, 4.69) is 15.0 Å². The summed E-state index contributed by atoms with van der Waals surface area (Å²) < 4.78 is 6.84. The Bertz CT molecular complexity index is 766. The van der Waals surface area contributed by atoms with Gasteiger partial charge in [-0.3, -0.25) is 4.79 Å². The van der Waals surface area contributed by atoms with E-state index in [-0.39, 0.29) is 23.9 Å². The van der Waals surface area contributed by atoms with Gasteiger partial charge in [0.1, 0.15) is 0 Å². The van der Waals surface area contributed by atoms with Crippen molar-refractivity contribution in [1.82, 2.24) is 19.5 Å². The van der Waals surface area contributed by atoms with Crippen molar-refractivity contribution in [3.63, 3.8) is 0 Å². The highest BCUT2D eigenvalue weighted by Crippen LogP contribution is 2.15. The Morgan fingerprint density at radius 1 is 1.20 bits per heavy atom. The SMILES string of the molecule is COc1nccnc1C(=O)Cn1cnc2ccccc21. The molecule has 2 aromatic heterocycles. The number of methoxy groups -OCH3 is 1. The molecule has 0 saturated heterocycles. The van der Waals surface area contributed by atoms with E-state index >= 15 is 0 Å². The molecule has 3 aromatic rings. The molecule has 0 aliphatic carbocycles. The third kappa shape index (κ3) is 2.11. The monoisotopic (exact) mass is 268 g/mol. The number of Topliss-reactive ketones (excluding diaryl/α,β-unsaturated/α-hetero) is 1. The van der Waals surface area contributed by atoms with Gasteiger partial charge in [0.15, 0.2) is 5.69 Å². The third-order valence-electron chi connectivity index (χ3n) is 2.96. The summed E-state index contributed by atoms with van der Waals surface area (Å²) in [7, 11) is 1.47. The zero-order valence-corrected chi connectivity index (χ0v) is 10.9. The average molecular weight is 268 g/mol. The molecule has 20 heavy (non-hydrogen) atoms. The van der Waals surface area contributed by atoms with Crippen molar-refractivity contribution < 1.29 is 9.53 Å². The van der Waals surface area contributed by atoms with Gasteiger partial charge in [-0.25, -0.2) is 15.0 Å². The van der Waals surface area contributed by atoms with Crippen LogP contribution < -0.4 is 4.74 Å². The minimum absolute atomic E-state index is 0.148. The quantitative estimate of drug-likeness (QED) is 0.674. The molecular formula is C14H12N4O2. The molecular weight excluding hydrogens is 256 g/mol. The fourth-order valence-electron chi connectivity index (χ4n) is 2.03. The number of ketones is 1. The van der Waals surface area contributed by atoms with Crippen LogP contribution >= 0.6 is 0 Å².